The minimum atomic E-state index is -0.765. The van der Waals surface area contributed by atoms with E-state index in [1.54, 1.807) is 12.1 Å². The molecule has 4 fully saturated rings. The minimum absolute atomic E-state index is 0.0147. The first-order valence-corrected chi connectivity index (χ1v) is 11.9. The zero-order valence-electron chi connectivity index (χ0n) is 18.7. The van der Waals surface area contributed by atoms with Gasteiger partial charge in [0.1, 0.15) is 6.10 Å². The van der Waals surface area contributed by atoms with Crippen LogP contribution < -0.4 is 0 Å². The molecule has 0 saturated heterocycles. The summed E-state index contributed by atoms with van der Waals surface area (Å²) in [6, 6.07) is 9.18. The van der Waals surface area contributed by atoms with Gasteiger partial charge in [-0.3, -0.25) is 4.79 Å². The number of carboxylic acids is 1. The lowest BCUT2D eigenvalue weighted by Gasteiger charge is -2.65. The van der Waals surface area contributed by atoms with Crippen molar-refractivity contribution < 1.29 is 19.4 Å². The van der Waals surface area contributed by atoms with Crippen molar-refractivity contribution in [2.75, 3.05) is 0 Å². The number of carboxylic acid groups (broad SMARTS) is 1. The zero-order chi connectivity index (χ0) is 22.0. The maximum absolute atomic E-state index is 13.0. The second kappa shape index (κ2) is 6.95. The number of esters is 1. The Balaban J connectivity index is 1.54. The highest BCUT2D eigenvalue weighted by Gasteiger charge is 2.68. The number of carbonyl (C=O) groups excluding carboxylic acids is 1. The summed E-state index contributed by atoms with van der Waals surface area (Å²) in [5, 5.41) is 10.2. The molecular weight excluding hydrogens is 388 g/mol. The number of fused-ring (bicyclic) bond motifs is 3. The van der Waals surface area contributed by atoms with Crippen LogP contribution in [0, 0.1) is 34.0 Å². The molecule has 7 atom stereocenters. The number of hydrogen-bond acceptors (Lipinski definition) is 3. The van der Waals surface area contributed by atoms with Crippen LogP contribution in [0.15, 0.2) is 42.5 Å². The summed E-state index contributed by atoms with van der Waals surface area (Å²) in [5.41, 5.74) is 1.07. The fourth-order valence-corrected chi connectivity index (χ4v) is 8.45. The number of hydrogen-bond donors (Lipinski definition) is 1. The molecule has 31 heavy (non-hydrogen) atoms. The Kier molecular flexibility index (Phi) is 4.66. The van der Waals surface area contributed by atoms with Crippen LogP contribution in [-0.2, 0) is 9.53 Å². The van der Waals surface area contributed by atoms with Crippen LogP contribution in [0.4, 0.5) is 0 Å². The molecule has 2 bridgehead atoms. The van der Waals surface area contributed by atoms with E-state index in [1.807, 2.05) is 25.1 Å². The summed E-state index contributed by atoms with van der Waals surface area (Å²) in [5.74, 6) is 0.0319. The van der Waals surface area contributed by atoms with Gasteiger partial charge in [-0.25, -0.2) is 4.79 Å². The Bertz CT molecular complexity index is 922. The summed E-state index contributed by atoms with van der Waals surface area (Å²) >= 11 is 0. The normalized spacial score (nSPS) is 43.6. The lowest BCUT2D eigenvalue weighted by Crippen LogP contribution is -2.64. The molecule has 1 spiro atoms. The van der Waals surface area contributed by atoms with Gasteiger partial charge in [-0.05, 0) is 93.6 Å². The molecule has 5 rings (SSSR count). The smallest absolute Gasteiger partial charge is 0.338 e. The van der Waals surface area contributed by atoms with Gasteiger partial charge < -0.3 is 9.84 Å². The van der Waals surface area contributed by atoms with Crippen molar-refractivity contribution >= 4 is 11.9 Å². The van der Waals surface area contributed by atoms with Crippen molar-refractivity contribution in [3.05, 3.63) is 48.0 Å². The van der Waals surface area contributed by atoms with Crippen LogP contribution in [0.25, 0.3) is 0 Å². The molecule has 4 nitrogen and oxygen atoms in total. The van der Waals surface area contributed by atoms with E-state index in [4.69, 9.17) is 4.74 Å². The molecule has 1 aromatic rings. The van der Waals surface area contributed by atoms with Crippen molar-refractivity contribution in [3.63, 3.8) is 0 Å². The molecule has 4 aliphatic carbocycles. The standard InChI is InChI=1S/C27H34O4/c1-17-15-27-14-11-20-25(2,24(29)30)13-12-22(31-23(28)18-7-5-4-6-8-18)26(20,3)21(27)10-9-19(17)16-27/h4-8,19-22H,1,9-16H2,2-3H3,(H,29,30)/t19-,20-,21+,22-,25+,26-,27-/m1/s1. The number of benzene rings is 1. The molecule has 4 saturated carbocycles. The SMILES string of the molecule is C=C1C[C@@]23CC[C@H]4[C@](C)([C@@H]2CC[C@@H]1C3)[C@H](OC(=O)c1ccccc1)CC[C@]4(C)C(=O)O. The molecule has 0 aliphatic heterocycles. The summed E-state index contributed by atoms with van der Waals surface area (Å²) in [6.07, 6.45) is 7.38. The zero-order valence-corrected chi connectivity index (χ0v) is 18.7. The van der Waals surface area contributed by atoms with Gasteiger partial charge in [0.15, 0.2) is 0 Å². The van der Waals surface area contributed by atoms with Gasteiger partial charge in [-0.2, -0.15) is 0 Å². The fourth-order valence-electron chi connectivity index (χ4n) is 8.45. The Morgan fingerprint density at radius 3 is 2.48 bits per heavy atom. The van der Waals surface area contributed by atoms with E-state index in [9.17, 15) is 14.7 Å². The van der Waals surface area contributed by atoms with E-state index in [2.05, 4.69) is 13.5 Å². The first-order chi connectivity index (χ1) is 14.7. The van der Waals surface area contributed by atoms with Gasteiger partial charge in [0.2, 0.25) is 0 Å². The van der Waals surface area contributed by atoms with Crippen LogP contribution in [0.2, 0.25) is 0 Å². The maximum Gasteiger partial charge on any atom is 0.338 e. The third kappa shape index (κ3) is 2.86. The van der Waals surface area contributed by atoms with Crippen LogP contribution >= 0.6 is 0 Å². The summed E-state index contributed by atoms with van der Waals surface area (Å²) < 4.78 is 6.25. The second-order valence-electron chi connectivity index (χ2n) is 11.2. The topological polar surface area (TPSA) is 63.6 Å². The largest absolute Gasteiger partial charge is 0.481 e. The molecule has 166 valence electrons. The predicted octanol–water partition coefficient (Wildman–Crippen LogP) is 5.88. The highest BCUT2D eigenvalue weighted by molar-refractivity contribution is 5.89. The number of carbonyl (C=O) groups is 2. The molecule has 0 unspecified atom stereocenters. The van der Waals surface area contributed by atoms with E-state index in [0.717, 1.165) is 32.1 Å². The summed E-state index contributed by atoms with van der Waals surface area (Å²) in [4.78, 5) is 25.5. The molecular formula is C27H34O4. The van der Waals surface area contributed by atoms with Crippen LogP contribution in [0.3, 0.4) is 0 Å². The number of ether oxygens (including phenoxy) is 1. The average molecular weight is 423 g/mol. The van der Waals surface area contributed by atoms with Gasteiger partial charge in [-0.15, -0.1) is 0 Å². The number of rotatable bonds is 3. The van der Waals surface area contributed by atoms with Crippen LogP contribution in [0.1, 0.15) is 75.6 Å². The Hall–Kier alpha value is -2.10. The molecule has 4 heteroatoms. The third-order valence-electron chi connectivity index (χ3n) is 9.92. The molecule has 0 aromatic heterocycles. The Morgan fingerprint density at radius 1 is 1.03 bits per heavy atom. The first kappa shape index (κ1) is 20.8. The molecule has 1 aromatic carbocycles. The van der Waals surface area contributed by atoms with Crippen molar-refractivity contribution in [3.8, 4) is 0 Å². The van der Waals surface area contributed by atoms with Crippen molar-refractivity contribution in [2.45, 2.75) is 71.3 Å². The quantitative estimate of drug-likeness (QED) is 0.488. The van der Waals surface area contributed by atoms with Gasteiger partial charge in [0.05, 0.1) is 11.0 Å². The second-order valence-corrected chi connectivity index (χ2v) is 11.2. The van der Waals surface area contributed by atoms with E-state index in [1.165, 1.54) is 12.0 Å². The maximum atomic E-state index is 13.0. The molecule has 0 heterocycles. The Morgan fingerprint density at radius 2 is 1.77 bits per heavy atom. The minimum Gasteiger partial charge on any atom is -0.481 e. The van der Waals surface area contributed by atoms with Gasteiger partial charge in [0, 0.05) is 5.41 Å². The van der Waals surface area contributed by atoms with E-state index in [-0.39, 0.29) is 28.8 Å². The fraction of sp³-hybridized carbons (Fsp3) is 0.630. The first-order valence-electron chi connectivity index (χ1n) is 11.9. The monoisotopic (exact) mass is 422 g/mol. The van der Waals surface area contributed by atoms with Crippen molar-refractivity contribution in [1.82, 2.24) is 0 Å². The highest BCUT2D eigenvalue weighted by Crippen LogP contribution is 2.72. The number of allylic oxidation sites excluding steroid dienone is 1. The highest BCUT2D eigenvalue weighted by atomic mass is 16.5. The van der Waals surface area contributed by atoms with Crippen LogP contribution in [-0.4, -0.2) is 23.1 Å². The van der Waals surface area contributed by atoms with E-state index in [0.29, 0.717) is 30.2 Å². The van der Waals surface area contributed by atoms with Crippen LogP contribution in [0.5, 0.6) is 0 Å². The Labute approximate surface area is 185 Å². The van der Waals surface area contributed by atoms with Gasteiger partial charge in [0.25, 0.3) is 0 Å². The lowest BCUT2D eigenvalue weighted by atomic mass is 9.40. The number of aliphatic carboxylic acids is 1. The van der Waals surface area contributed by atoms with Crippen molar-refractivity contribution in [1.29, 1.82) is 0 Å². The lowest BCUT2D eigenvalue weighted by molar-refractivity contribution is -0.211. The molecule has 1 N–H and O–H groups in total. The molecule has 0 radical (unpaired) electrons. The molecule has 0 amide bonds. The summed E-state index contributed by atoms with van der Waals surface area (Å²) in [6.45, 7) is 8.59. The third-order valence-corrected chi connectivity index (χ3v) is 9.92. The summed E-state index contributed by atoms with van der Waals surface area (Å²) in [7, 11) is 0. The predicted molar refractivity (Wildman–Crippen MR) is 118 cm³/mol. The van der Waals surface area contributed by atoms with Gasteiger partial charge >= 0.3 is 11.9 Å². The average Bonchev–Trinajstić information content (AvgIpc) is 2.98. The van der Waals surface area contributed by atoms with E-state index < -0.39 is 11.4 Å². The van der Waals surface area contributed by atoms with Crippen molar-refractivity contribution in [2.24, 2.45) is 34.0 Å². The van der Waals surface area contributed by atoms with Gasteiger partial charge in [-0.1, -0.05) is 37.3 Å². The molecule has 4 aliphatic rings. The van der Waals surface area contributed by atoms with E-state index >= 15 is 0 Å².